The number of allylic oxidation sites excluding steroid dienone is 5. The zero-order valence-corrected chi connectivity index (χ0v) is 48.3. The lowest BCUT2D eigenvalue weighted by Gasteiger charge is -2.56. The van der Waals surface area contributed by atoms with Gasteiger partial charge in [0.1, 0.15) is 35.7 Å². The number of amides is 4. The van der Waals surface area contributed by atoms with E-state index in [2.05, 4.69) is 28.3 Å². The lowest BCUT2D eigenvalue weighted by molar-refractivity contribution is -0.267. The molecular weight excluding hydrogens is 995 g/mol. The normalized spacial score (nSPS) is 35.1. The SMILES string of the molecule is CC[C@H]1C[C@H](C)[C@@]2(NC1=O)O[C@@H](C[C@H](O)[C@@H](C)CC/C=C/C=C(\C)[C@@H]1C/C=C/C=C/[C@H](O)[C@H](C)[C@@H](O)[C@@H](CCC(C)C)C(=O)N[C@@H](C(C)C)C(=O)N[C@@H](Cc3cccc(O)c3)C(=O)N3CCC[C@H](N3)C(=O)O1)[C@H](C)[C@H](O)[C@@H]2C. The molecule has 3 fully saturated rings. The number of cyclic esters (lactones) is 1. The monoisotopic (exact) mass is 1090 g/mol. The average Bonchev–Trinajstić information content (AvgIpc) is 3.51. The number of hydrogen-bond acceptors (Lipinski definition) is 13. The van der Waals surface area contributed by atoms with Crippen LogP contribution in [0.2, 0.25) is 0 Å². The minimum Gasteiger partial charge on any atom is -0.508 e. The molecule has 1 aromatic carbocycles. The van der Waals surface area contributed by atoms with Crippen LogP contribution in [0.15, 0.2) is 72.4 Å². The Morgan fingerprint density at radius 1 is 0.923 bits per heavy atom. The summed E-state index contributed by atoms with van der Waals surface area (Å²) in [6.45, 7) is 21.2. The summed E-state index contributed by atoms with van der Waals surface area (Å²) >= 11 is 0. The Balaban J connectivity index is 1.35. The summed E-state index contributed by atoms with van der Waals surface area (Å²) in [5.74, 6) is -5.17. The maximum atomic E-state index is 14.6. The van der Waals surface area contributed by atoms with Gasteiger partial charge < -0.3 is 51.0 Å². The van der Waals surface area contributed by atoms with Crippen LogP contribution in [0.1, 0.15) is 146 Å². The van der Waals surface area contributed by atoms with Crippen molar-refractivity contribution in [2.24, 2.45) is 53.3 Å². The highest BCUT2D eigenvalue weighted by atomic mass is 16.5. The van der Waals surface area contributed by atoms with Crippen LogP contribution in [-0.4, -0.2) is 127 Å². The van der Waals surface area contributed by atoms with Crippen LogP contribution in [0.4, 0.5) is 0 Å². The van der Waals surface area contributed by atoms with E-state index in [0.29, 0.717) is 56.9 Å². The second-order valence-corrected chi connectivity index (χ2v) is 23.9. The van der Waals surface area contributed by atoms with Gasteiger partial charge in [0.2, 0.25) is 17.7 Å². The highest BCUT2D eigenvalue weighted by molar-refractivity contribution is 5.93. The fourth-order valence-corrected chi connectivity index (χ4v) is 11.5. The van der Waals surface area contributed by atoms with Crippen molar-refractivity contribution in [3.63, 3.8) is 0 Å². The number of nitrogens with one attached hydrogen (secondary N) is 4. The Hall–Kier alpha value is -4.91. The van der Waals surface area contributed by atoms with E-state index in [0.717, 1.165) is 12.0 Å². The van der Waals surface area contributed by atoms with Gasteiger partial charge in [0.15, 0.2) is 0 Å². The molecule has 0 unspecified atom stereocenters. The molecule has 1 spiro atoms. The van der Waals surface area contributed by atoms with Crippen molar-refractivity contribution in [3.8, 4) is 5.75 Å². The van der Waals surface area contributed by atoms with Gasteiger partial charge >= 0.3 is 5.97 Å². The van der Waals surface area contributed by atoms with Gasteiger partial charge in [-0.1, -0.05) is 130 Å². The molecule has 17 heteroatoms. The predicted octanol–water partition coefficient (Wildman–Crippen LogP) is 6.47. The van der Waals surface area contributed by atoms with Crippen LogP contribution in [0, 0.1) is 53.3 Å². The number of phenols is 1. The van der Waals surface area contributed by atoms with E-state index < -0.39 is 102 Å². The summed E-state index contributed by atoms with van der Waals surface area (Å²) in [6, 6.07) is 3.15. The van der Waals surface area contributed by atoms with Crippen LogP contribution in [-0.2, 0) is 39.9 Å². The van der Waals surface area contributed by atoms with Crippen molar-refractivity contribution in [1.29, 1.82) is 0 Å². The number of carbonyl (C=O) groups is 5. The summed E-state index contributed by atoms with van der Waals surface area (Å²) in [6.07, 6.45) is 12.3. The van der Waals surface area contributed by atoms with Crippen LogP contribution >= 0.6 is 0 Å². The second kappa shape index (κ2) is 29.5. The lowest BCUT2D eigenvalue weighted by Crippen LogP contribution is -2.71. The highest BCUT2D eigenvalue weighted by Gasteiger charge is 2.57. The molecule has 78 heavy (non-hydrogen) atoms. The number of hydrogen-bond donors (Lipinski definition) is 9. The van der Waals surface area contributed by atoms with E-state index in [9.17, 15) is 49.5 Å². The molecule has 0 aliphatic carbocycles. The topological polar surface area (TPSA) is 256 Å². The average molecular weight is 1090 g/mol. The van der Waals surface area contributed by atoms with Crippen LogP contribution < -0.4 is 21.4 Å². The molecule has 0 saturated carbocycles. The van der Waals surface area contributed by atoms with Gasteiger partial charge in [0.05, 0.1) is 36.4 Å². The summed E-state index contributed by atoms with van der Waals surface area (Å²) in [5.41, 5.74) is 3.36. The molecule has 3 saturated heterocycles. The van der Waals surface area contributed by atoms with Gasteiger partial charge in [-0.2, -0.15) is 0 Å². The Kier molecular flexibility index (Phi) is 24.2. The molecule has 4 amide bonds. The molecule has 4 aliphatic heterocycles. The van der Waals surface area contributed by atoms with E-state index >= 15 is 0 Å². The standard InChI is InChI=1S/C61H95N5O12/c1-12-44-31-39(8)61(64-56(44)72)42(11)54(70)41(10)52(78-61)34-50(69)37(6)21-15-13-16-22-38(7)51-27-18-14-17-26-49(68)40(9)55(71)46(29-28-35(2)3)57(73)63-53(36(4)5)58(74)62-48(33-43-23-19-24-45(67)32-43)59(75)66-30-20-25-47(65-66)60(76)77-51/h13-14,16-19,22-24,26,32,35-37,39-42,44,46-55,65,67-71H,12,15,20-21,25,27-31,33-34H2,1-11H3,(H,62,74)(H,63,73)(H,64,72)/b16-13+,18-14+,26-17+,38-22+/t37-,39-,40-,41-,42-,44-,46+,47-,48-,49-,50-,51-,52-,53-,54-,55+,61+/m0/s1. The number of carbonyl (C=O) groups excluding carboxylic acids is 5. The molecule has 17 atom stereocenters. The Bertz CT molecular complexity index is 2280. The third kappa shape index (κ3) is 16.8. The molecule has 9 N–H and O–H groups in total. The maximum absolute atomic E-state index is 14.6. The number of nitrogens with zero attached hydrogens (tertiary/aromatic N) is 1. The first-order valence-corrected chi connectivity index (χ1v) is 28.9. The molecule has 436 valence electrons. The van der Waals surface area contributed by atoms with Crippen LogP contribution in [0.25, 0.3) is 0 Å². The highest BCUT2D eigenvalue weighted by Crippen LogP contribution is 2.46. The van der Waals surface area contributed by atoms with Gasteiger partial charge in [-0.25, -0.2) is 5.43 Å². The lowest BCUT2D eigenvalue weighted by atomic mass is 9.69. The third-order valence-corrected chi connectivity index (χ3v) is 17.1. The molecule has 2 bridgehead atoms. The van der Waals surface area contributed by atoms with E-state index in [1.807, 2.05) is 72.8 Å². The Labute approximate surface area is 464 Å². The first-order valence-electron chi connectivity index (χ1n) is 28.9. The molecule has 17 nitrogen and oxygen atoms in total. The Morgan fingerprint density at radius 2 is 1.65 bits per heavy atom. The predicted molar refractivity (Wildman–Crippen MR) is 299 cm³/mol. The Morgan fingerprint density at radius 3 is 2.33 bits per heavy atom. The quantitative estimate of drug-likeness (QED) is 0.0675. The minimum absolute atomic E-state index is 0.0181. The van der Waals surface area contributed by atoms with Crippen molar-refractivity contribution < 1.29 is 59.0 Å². The van der Waals surface area contributed by atoms with Gasteiger partial charge in [-0.15, -0.1) is 0 Å². The van der Waals surface area contributed by atoms with E-state index in [1.54, 1.807) is 45.1 Å². The minimum atomic E-state index is -1.28. The first-order chi connectivity index (χ1) is 36.9. The third-order valence-electron chi connectivity index (χ3n) is 17.1. The molecule has 1 aromatic rings. The molecule has 4 heterocycles. The number of esters is 1. The molecular formula is C61H95N5O12. The van der Waals surface area contributed by atoms with E-state index in [-0.39, 0.29) is 66.6 Å². The summed E-state index contributed by atoms with van der Waals surface area (Å²) in [4.78, 5) is 70.3. The summed E-state index contributed by atoms with van der Waals surface area (Å²) in [7, 11) is 0. The number of aliphatic hydroxyl groups is 4. The fourth-order valence-electron chi connectivity index (χ4n) is 11.5. The van der Waals surface area contributed by atoms with Gasteiger partial charge in [0, 0.05) is 55.4 Å². The molecule has 5 rings (SSSR count). The second-order valence-electron chi connectivity index (χ2n) is 23.9. The van der Waals surface area contributed by atoms with E-state index in [4.69, 9.17) is 9.47 Å². The van der Waals surface area contributed by atoms with Crippen molar-refractivity contribution in [2.45, 2.75) is 207 Å². The number of benzene rings is 1. The van der Waals surface area contributed by atoms with Crippen molar-refractivity contribution >= 4 is 29.6 Å². The van der Waals surface area contributed by atoms with Crippen LogP contribution in [0.5, 0.6) is 5.75 Å². The number of rotatable bonds is 15. The maximum Gasteiger partial charge on any atom is 0.325 e. The number of fused-ring (bicyclic) bond motifs is 2. The summed E-state index contributed by atoms with van der Waals surface area (Å²) < 4.78 is 13.0. The number of phenolic OH excluding ortho intramolecular Hbond substituents is 1. The first kappa shape index (κ1) is 63.9. The van der Waals surface area contributed by atoms with Crippen molar-refractivity contribution in [1.82, 2.24) is 26.4 Å². The zero-order chi connectivity index (χ0) is 57.6. The molecule has 0 radical (unpaired) electrons. The van der Waals surface area contributed by atoms with Crippen molar-refractivity contribution in [3.05, 3.63) is 77.9 Å². The number of aliphatic hydroxyl groups excluding tert-OH is 4. The van der Waals surface area contributed by atoms with Gasteiger partial charge in [-0.3, -0.25) is 29.0 Å². The molecule has 4 aliphatic rings. The van der Waals surface area contributed by atoms with Gasteiger partial charge in [-0.05, 0) is 92.9 Å². The number of hydrazine groups is 1. The molecule has 0 aromatic heterocycles. The van der Waals surface area contributed by atoms with Gasteiger partial charge in [0.25, 0.3) is 5.91 Å². The van der Waals surface area contributed by atoms with E-state index in [1.165, 1.54) is 23.2 Å². The number of aromatic hydroxyl groups is 1. The number of piperidine rings is 1. The van der Waals surface area contributed by atoms with Crippen LogP contribution in [0.3, 0.4) is 0 Å². The number of ether oxygens (including phenoxy) is 2. The largest absolute Gasteiger partial charge is 0.508 e. The smallest absolute Gasteiger partial charge is 0.325 e. The van der Waals surface area contributed by atoms with Crippen molar-refractivity contribution in [2.75, 3.05) is 6.54 Å². The summed E-state index contributed by atoms with van der Waals surface area (Å²) in [5, 5.41) is 66.5. The fraction of sp³-hybridized carbons (Fsp3) is 0.689. The zero-order valence-electron chi connectivity index (χ0n) is 48.3.